The van der Waals surface area contributed by atoms with Gasteiger partial charge in [0.15, 0.2) is 0 Å². The van der Waals surface area contributed by atoms with Crippen molar-refractivity contribution < 1.29 is 9.53 Å². The molecule has 0 radical (unpaired) electrons. The second kappa shape index (κ2) is 6.01. The molecule has 0 aliphatic rings. The Morgan fingerprint density at radius 3 is 2.37 bits per heavy atom. The van der Waals surface area contributed by atoms with Gasteiger partial charge in [0.2, 0.25) is 0 Å². The Kier molecular flexibility index (Phi) is 4.14. The molecule has 0 atom stereocenters. The standard InChI is InChI=1S/C17H16O2/c1-13(17(18)19-2)12-15-10-6-7-11-16(15)14-8-4-3-5-9-14/h3-11H,1,12H2,2H3. The number of methoxy groups -OCH3 is 1. The van der Waals surface area contributed by atoms with E-state index in [-0.39, 0.29) is 5.97 Å². The number of benzene rings is 2. The van der Waals surface area contributed by atoms with Crippen molar-refractivity contribution in [2.45, 2.75) is 6.42 Å². The summed E-state index contributed by atoms with van der Waals surface area (Å²) in [5, 5.41) is 0. The molecule has 2 rings (SSSR count). The number of ether oxygens (including phenoxy) is 1. The fraction of sp³-hybridized carbons (Fsp3) is 0.118. The van der Waals surface area contributed by atoms with Gasteiger partial charge in [-0.05, 0) is 16.7 Å². The first-order valence-electron chi connectivity index (χ1n) is 6.12. The highest BCUT2D eigenvalue weighted by Gasteiger charge is 2.11. The van der Waals surface area contributed by atoms with Gasteiger partial charge in [-0.1, -0.05) is 61.2 Å². The molecule has 0 saturated heterocycles. The lowest BCUT2D eigenvalue weighted by molar-refractivity contribution is -0.136. The van der Waals surface area contributed by atoms with E-state index >= 15 is 0 Å². The summed E-state index contributed by atoms with van der Waals surface area (Å²) < 4.78 is 4.69. The van der Waals surface area contributed by atoms with Crippen LogP contribution in [0.3, 0.4) is 0 Å². The van der Waals surface area contributed by atoms with E-state index in [1.54, 1.807) is 0 Å². The quantitative estimate of drug-likeness (QED) is 0.613. The molecule has 2 aromatic carbocycles. The highest BCUT2D eigenvalue weighted by molar-refractivity contribution is 5.88. The van der Waals surface area contributed by atoms with Crippen LogP contribution >= 0.6 is 0 Å². The molecular weight excluding hydrogens is 236 g/mol. The molecule has 0 fully saturated rings. The Morgan fingerprint density at radius 1 is 1.05 bits per heavy atom. The lowest BCUT2D eigenvalue weighted by Crippen LogP contribution is -2.06. The van der Waals surface area contributed by atoms with Crippen molar-refractivity contribution in [3.8, 4) is 11.1 Å². The van der Waals surface area contributed by atoms with Gasteiger partial charge in [0.05, 0.1) is 7.11 Å². The third-order valence-corrected chi connectivity index (χ3v) is 2.98. The van der Waals surface area contributed by atoms with Crippen LogP contribution in [-0.2, 0) is 16.0 Å². The zero-order valence-electron chi connectivity index (χ0n) is 10.9. The van der Waals surface area contributed by atoms with E-state index < -0.39 is 0 Å². The first kappa shape index (κ1) is 13.1. The normalized spacial score (nSPS) is 9.95. The van der Waals surface area contributed by atoms with Gasteiger partial charge in [-0.2, -0.15) is 0 Å². The van der Waals surface area contributed by atoms with Crippen LogP contribution in [0, 0.1) is 0 Å². The minimum Gasteiger partial charge on any atom is -0.466 e. The van der Waals surface area contributed by atoms with Crippen molar-refractivity contribution in [2.24, 2.45) is 0 Å². The van der Waals surface area contributed by atoms with Crippen LogP contribution in [0.5, 0.6) is 0 Å². The number of hydrogen-bond acceptors (Lipinski definition) is 2. The Balaban J connectivity index is 2.32. The number of rotatable bonds is 4. The van der Waals surface area contributed by atoms with Crippen molar-refractivity contribution in [3.63, 3.8) is 0 Å². The maximum absolute atomic E-state index is 11.4. The average Bonchev–Trinajstić information content (AvgIpc) is 2.47. The lowest BCUT2D eigenvalue weighted by atomic mass is 9.95. The van der Waals surface area contributed by atoms with E-state index in [4.69, 9.17) is 4.74 Å². The van der Waals surface area contributed by atoms with E-state index in [1.807, 2.05) is 36.4 Å². The topological polar surface area (TPSA) is 26.3 Å². The fourth-order valence-electron chi connectivity index (χ4n) is 2.02. The third kappa shape index (κ3) is 3.10. The lowest BCUT2D eigenvalue weighted by Gasteiger charge is -2.10. The van der Waals surface area contributed by atoms with Crippen molar-refractivity contribution >= 4 is 5.97 Å². The largest absolute Gasteiger partial charge is 0.466 e. The molecule has 0 N–H and O–H groups in total. The molecule has 2 heteroatoms. The van der Waals surface area contributed by atoms with E-state index in [0.29, 0.717) is 12.0 Å². The summed E-state index contributed by atoms with van der Waals surface area (Å²) in [5.74, 6) is -0.358. The van der Waals surface area contributed by atoms with Crippen molar-refractivity contribution in [1.82, 2.24) is 0 Å². The molecule has 2 nitrogen and oxygen atoms in total. The SMILES string of the molecule is C=C(Cc1ccccc1-c1ccccc1)C(=O)OC. The van der Waals surface area contributed by atoms with E-state index in [2.05, 4.69) is 24.8 Å². The zero-order valence-corrected chi connectivity index (χ0v) is 10.9. The summed E-state index contributed by atoms with van der Waals surface area (Å²) in [7, 11) is 1.37. The number of carbonyl (C=O) groups excluding carboxylic acids is 1. The van der Waals surface area contributed by atoms with Gasteiger partial charge in [-0.15, -0.1) is 0 Å². The smallest absolute Gasteiger partial charge is 0.333 e. The van der Waals surface area contributed by atoms with Crippen molar-refractivity contribution in [3.05, 3.63) is 72.3 Å². The second-order valence-electron chi connectivity index (χ2n) is 4.30. The zero-order chi connectivity index (χ0) is 13.7. The summed E-state index contributed by atoms with van der Waals surface area (Å²) in [6, 6.07) is 18.1. The molecule has 0 aromatic heterocycles. The monoisotopic (exact) mass is 252 g/mol. The maximum Gasteiger partial charge on any atom is 0.333 e. The molecular formula is C17H16O2. The average molecular weight is 252 g/mol. The Bertz CT molecular complexity index is 585. The van der Waals surface area contributed by atoms with Gasteiger partial charge in [0, 0.05) is 12.0 Å². The Labute approximate surface area is 113 Å². The molecule has 0 saturated carbocycles. The summed E-state index contributed by atoms with van der Waals surface area (Å²) in [6.45, 7) is 3.78. The number of esters is 1. The highest BCUT2D eigenvalue weighted by Crippen LogP contribution is 2.25. The van der Waals surface area contributed by atoms with Crippen LogP contribution in [0.15, 0.2) is 66.7 Å². The Morgan fingerprint density at radius 2 is 1.68 bits per heavy atom. The minimum absolute atomic E-state index is 0.358. The summed E-state index contributed by atoms with van der Waals surface area (Å²) in [6.07, 6.45) is 0.498. The van der Waals surface area contributed by atoms with Gasteiger partial charge in [-0.25, -0.2) is 4.79 Å². The van der Waals surface area contributed by atoms with Crippen LogP contribution in [0.1, 0.15) is 5.56 Å². The van der Waals surface area contributed by atoms with Crippen molar-refractivity contribution in [2.75, 3.05) is 7.11 Å². The summed E-state index contributed by atoms with van der Waals surface area (Å²) in [4.78, 5) is 11.4. The first-order chi connectivity index (χ1) is 9.22. The second-order valence-corrected chi connectivity index (χ2v) is 4.30. The van der Waals surface area contributed by atoms with Crippen LogP contribution in [0.4, 0.5) is 0 Å². The molecule has 2 aromatic rings. The predicted octanol–water partition coefficient (Wildman–Crippen LogP) is 3.63. The Hall–Kier alpha value is -2.35. The van der Waals surface area contributed by atoms with Crippen LogP contribution in [0.25, 0.3) is 11.1 Å². The first-order valence-corrected chi connectivity index (χ1v) is 6.12. The van der Waals surface area contributed by atoms with Gasteiger partial charge in [0.1, 0.15) is 0 Å². The van der Waals surface area contributed by atoms with Gasteiger partial charge < -0.3 is 4.74 Å². The number of hydrogen-bond donors (Lipinski definition) is 0. The van der Waals surface area contributed by atoms with E-state index in [9.17, 15) is 4.79 Å². The molecule has 0 amide bonds. The minimum atomic E-state index is -0.358. The van der Waals surface area contributed by atoms with Crippen molar-refractivity contribution in [1.29, 1.82) is 0 Å². The van der Waals surface area contributed by atoms with Crippen LogP contribution < -0.4 is 0 Å². The molecule has 0 aliphatic carbocycles. The third-order valence-electron chi connectivity index (χ3n) is 2.98. The molecule has 0 bridgehead atoms. The van der Waals surface area contributed by atoms with Gasteiger partial charge in [-0.3, -0.25) is 0 Å². The maximum atomic E-state index is 11.4. The fourth-order valence-corrected chi connectivity index (χ4v) is 2.02. The molecule has 0 aliphatic heterocycles. The number of carbonyl (C=O) groups is 1. The predicted molar refractivity (Wildman–Crippen MR) is 76.7 cm³/mol. The van der Waals surface area contributed by atoms with Crippen LogP contribution in [0.2, 0.25) is 0 Å². The van der Waals surface area contributed by atoms with Gasteiger partial charge in [0.25, 0.3) is 0 Å². The molecule has 96 valence electrons. The summed E-state index contributed by atoms with van der Waals surface area (Å²) in [5.41, 5.74) is 3.79. The van der Waals surface area contributed by atoms with E-state index in [0.717, 1.165) is 16.7 Å². The highest BCUT2D eigenvalue weighted by atomic mass is 16.5. The molecule has 0 unspecified atom stereocenters. The molecule has 19 heavy (non-hydrogen) atoms. The molecule has 0 spiro atoms. The summed E-state index contributed by atoms with van der Waals surface area (Å²) >= 11 is 0. The van der Waals surface area contributed by atoms with Crippen LogP contribution in [-0.4, -0.2) is 13.1 Å². The molecule has 0 heterocycles. The van der Waals surface area contributed by atoms with E-state index in [1.165, 1.54) is 7.11 Å². The van der Waals surface area contributed by atoms with Gasteiger partial charge >= 0.3 is 5.97 Å².